The third-order valence-corrected chi connectivity index (χ3v) is 4.69. The maximum atomic E-state index is 12.4. The molecule has 2 aliphatic rings. The summed E-state index contributed by atoms with van der Waals surface area (Å²) in [6.45, 7) is 0. The highest BCUT2D eigenvalue weighted by atomic mass is 32.1. The van der Waals surface area contributed by atoms with Gasteiger partial charge in [-0.15, -0.1) is 5.10 Å². The Kier molecular flexibility index (Phi) is 3.22. The number of aromatic nitrogens is 2. The molecular formula is C12H15N3O3S. The van der Waals surface area contributed by atoms with Gasteiger partial charge < -0.3 is 10.0 Å². The maximum absolute atomic E-state index is 12.4. The Morgan fingerprint density at radius 2 is 2.16 bits per heavy atom. The van der Waals surface area contributed by atoms with E-state index >= 15 is 0 Å². The zero-order valence-electron chi connectivity index (χ0n) is 10.4. The highest BCUT2D eigenvalue weighted by molar-refractivity contribution is 7.03. The number of fused-ring (bicyclic) bond motifs is 1. The number of likely N-dealkylation sites (tertiary alicyclic amines) is 1. The van der Waals surface area contributed by atoms with Crippen LogP contribution in [0.3, 0.4) is 0 Å². The summed E-state index contributed by atoms with van der Waals surface area (Å²) >= 11 is 1.11. The Morgan fingerprint density at radius 1 is 1.37 bits per heavy atom. The van der Waals surface area contributed by atoms with Crippen LogP contribution >= 0.6 is 11.5 Å². The minimum Gasteiger partial charge on any atom is -0.480 e. The van der Waals surface area contributed by atoms with Crippen LogP contribution in [0.2, 0.25) is 0 Å². The normalized spacial score (nSPS) is 30.1. The van der Waals surface area contributed by atoms with Crippen LogP contribution in [0.4, 0.5) is 0 Å². The highest BCUT2D eigenvalue weighted by Crippen LogP contribution is 2.40. The highest BCUT2D eigenvalue weighted by Gasteiger charge is 2.48. The lowest BCUT2D eigenvalue weighted by molar-refractivity contribution is -0.141. The number of hydrogen-bond donors (Lipinski definition) is 1. The smallest absolute Gasteiger partial charge is 0.326 e. The van der Waals surface area contributed by atoms with Crippen LogP contribution in [-0.2, 0) is 4.79 Å². The first-order valence-corrected chi connectivity index (χ1v) is 7.34. The third-order valence-electron chi connectivity index (χ3n) is 4.19. The van der Waals surface area contributed by atoms with E-state index in [9.17, 15) is 14.7 Å². The molecular weight excluding hydrogens is 266 g/mol. The van der Waals surface area contributed by atoms with Crippen molar-refractivity contribution in [2.45, 2.75) is 44.2 Å². The fourth-order valence-electron chi connectivity index (χ4n) is 3.36. The molecule has 1 aromatic heterocycles. The zero-order chi connectivity index (χ0) is 13.4. The molecule has 0 radical (unpaired) electrons. The minimum absolute atomic E-state index is 0.0593. The first kappa shape index (κ1) is 12.5. The van der Waals surface area contributed by atoms with Crippen LogP contribution in [0.1, 0.15) is 42.6 Å². The quantitative estimate of drug-likeness (QED) is 0.885. The fourth-order valence-corrected chi connectivity index (χ4v) is 3.79. The van der Waals surface area contributed by atoms with Crippen molar-refractivity contribution < 1.29 is 14.7 Å². The molecule has 0 aromatic carbocycles. The van der Waals surface area contributed by atoms with Crippen molar-refractivity contribution in [3.05, 3.63) is 11.1 Å². The van der Waals surface area contributed by atoms with Gasteiger partial charge in [-0.05, 0) is 36.7 Å². The summed E-state index contributed by atoms with van der Waals surface area (Å²) in [5.41, 5.74) is 0.266. The molecule has 1 saturated heterocycles. The fraction of sp³-hybridized carbons (Fsp3) is 0.667. The van der Waals surface area contributed by atoms with Gasteiger partial charge in [-0.25, -0.2) is 4.79 Å². The van der Waals surface area contributed by atoms with Crippen LogP contribution < -0.4 is 0 Å². The van der Waals surface area contributed by atoms with Crippen molar-refractivity contribution in [1.82, 2.24) is 14.5 Å². The molecule has 2 fully saturated rings. The predicted octanol–water partition coefficient (Wildman–Crippen LogP) is 1.40. The second-order valence-corrected chi connectivity index (χ2v) is 5.81. The van der Waals surface area contributed by atoms with Gasteiger partial charge in [0.2, 0.25) is 0 Å². The number of amides is 1. The molecule has 1 N–H and O–H groups in total. The molecule has 1 aromatic rings. The van der Waals surface area contributed by atoms with Crippen LogP contribution in [0.25, 0.3) is 0 Å². The van der Waals surface area contributed by atoms with Crippen molar-refractivity contribution in [1.29, 1.82) is 0 Å². The Bertz CT molecular complexity index is 490. The summed E-state index contributed by atoms with van der Waals surface area (Å²) in [6.07, 6.45) is 4.69. The summed E-state index contributed by atoms with van der Waals surface area (Å²) in [6, 6.07) is -0.647. The van der Waals surface area contributed by atoms with Gasteiger partial charge in [0, 0.05) is 11.4 Å². The first-order chi connectivity index (χ1) is 9.18. The molecule has 1 saturated carbocycles. The van der Waals surface area contributed by atoms with Crippen LogP contribution in [0, 0.1) is 5.92 Å². The standard InChI is InChI=1S/C12H15N3O3S/c16-11(8-6-19-14-13-8)15-9-4-2-1-3-7(9)5-10(15)12(17)18/h6-7,9-10H,1-5H2,(H,17,18)/t7-,9+,10-/m0/s1. The van der Waals surface area contributed by atoms with Gasteiger partial charge >= 0.3 is 5.97 Å². The van der Waals surface area contributed by atoms with Crippen LogP contribution in [-0.4, -0.2) is 43.6 Å². The number of nitrogens with zero attached hydrogens (tertiary/aromatic N) is 3. The van der Waals surface area contributed by atoms with Gasteiger partial charge in [-0.2, -0.15) is 0 Å². The molecule has 7 heteroatoms. The van der Waals surface area contributed by atoms with Gasteiger partial charge in [0.25, 0.3) is 5.91 Å². The number of carbonyl (C=O) groups is 2. The van der Waals surface area contributed by atoms with Crippen LogP contribution in [0.5, 0.6) is 0 Å². The topological polar surface area (TPSA) is 83.4 Å². The van der Waals surface area contributed by atoms with Gasteiger partial charge in [0.15, 0.2) is 5.69 Å². The Balaban J connectivity index is 1.90. The Hall–Kier alpha value is -1.50. The van der Waals surface area contributed by atoms with E-state index in [-0.39, 0.29) is 17.6 Å². The van der Waals surface area contributed by atoms with Gasteiger partial charge in [-0.1, -0.05) is 17.3 Å². The Morgan fingerprint density at radius 3 is 2.84 bits per heavy atom. The lowest BCUT2D eigenvalue weighted by atomic mass is 9.84. The van der Waals surface area contributed by atoms with Crippen molar-refractivity contribution in [2.75, 3.05) is 0 Å². The van der Waals surface area contributed by atoms with E-state index in [1.807, 2.05) is 0 Å². The number of aliphatic carboxylic acids is 1. The lowest BCUT2D eigenvalue weighted by Crippen LogP contribution is -2.46. The minimum atomic E-state index is -0.911. The monoisotopic (exact) mass is 281 g/mol. The van der Waals surface area contributed by atoms with E-state index in [1.165, 1.54) is 0 Å². The van der Waals surface area contributed by atoms with Crippen molar-refractivity contribution in [3.8, 4) is 0 Å². The van der Waals surface area contributed by atoms with Crippen molar-refractivity contribution >= 4 is 23.4 Å². The summed E-state index contributed by atoms with van der Waals surface area (Å²) < 4.78 is 3.69. The molecule has 2 heterocycles. The SMILES string of the molecule is O=C(O)[C@@H]1C[C@@H]2CCCC[C@H]2N1C(=O)c1csnn1. The molecule has 0 unspecified atom stereocenters. The Labute approximate surface area is 114 Å². The first-order valence-electron chi connectivity index (χ1n) is 6.51. The second-order valence-electron chi connectivity index (χ2n) is 5.20. The molecule has 0 bridgehead atoms. The number of carboxylic acids is 1. The molecule has 3 rings (SSSR count). The molecule has 19 heavy (non-hydrogen) atoms. The molecule has 1 aliphatic heterocycles. The van der Waals surface area contributed by atoms with E-state index in [1.54, 1.807) is 10.3 Å². The van der Waals surface area contributed by atoms with E-state index < -0.39 is 12.0 Å². The average molecular weight is 281 g/mol. The number of carbonyl (C=O) groups excluding carboxylic acids is 1. The van der Waals surface area contributed by atoms with Crippen molar-refractivity contribution in [2.24, 2.45) is 5.92 Å². The van der Waals surface area contributed by atoms with Gasteiger partial charge in [0.1, 0.15) is 6.04 Å². The summed E-state index contributed by atoms with van der Waals surface area (Å²) in [5.74, 6) is -0.869. The molecule has 6 nitrogen and oxygen atoms in total. The summed E-state index contributed by atoms with van der Waals surface area (Å²) in [7, 11) is 0. The van der Waals surface area contributed by atoms with E-state index in [4.69, 9.17) is 0 Å². The van der Waals surface area contributed by atoms with E-state index in [0.29, 0.717) is 12.3 Å². The zero-order valence-corrected chi connectivity index (χ0v) is 11.2. The summed E-state index contributed by atoms with van der Waals surface area (Å²) in [5, 5.41) is 14.7. The van der Waals surface area contributed by atoms with E-state index in [0.717, 1.165) is 37.2 Å². The van der Waals surface area contributed by atoms with Crippen molar-refractivity contribution in [3.63, 3.8) is 0 Å². The van der Waals surface area contributed by atoms with Gasteiger partial charge in [0.05, 0.1) is 0 Å². The van der Waals surface area contributed by atoms with Gasteiger partial charge in [-0.3, -0.25) is 4.79 Å². The molecule has 1 aliphatic carbocycles. The predicted molar refractivity (Wildman–Crippen MR) is 67.9 cm³/mol. The number of carboxylic acid groups (broad SMARTS) is 1. The lowest BCUT2D eigenvalue weighted by Gasteiger charge is -2.32. The molecule has 1 amide bonds. The molecule has 0 spiro atoms. The average Bonchev–Trinajstić information content (AvgIpc) is 3.05. The maximum Gasteiger partial charge on any atom is 0.326 e. The summed E-state index contributed by atoms with van der Waals surface area (Å²) in [4.78, 5) is 25.4. The molecule has 102 valence electrons. The third kappa shape index (κ3) is 2.11. The second kappa shape index (κ2) is 4.88. The largest absolute Gasteiger partial charge is 0.480 e. The van der Waals surface area contributed by atoms with E-state index in [2.05, 4.69) is 9.59 Å². The molecule has 3 atom stereocenters. The number of rotatable bonds is 2. The van der Waals surface area contributed by atoms with Crippen LogP contribution in [0.15, 0.2) is 5.38 Å². The number of hydrogen-bond acceptors (Lipinski definition) is 5.